The molecule has 1 aliphatic heterocycles. The van der Waals surface area contributed by atoms with E-state index in [1.54, 1.807) is 17.0 Å². The van der Waals surface area contributed by atoms with Gasteiger partial charge in [0.05, 0.1) is 12.5 Å². The normalized spacial score (nSPS) is 18.6. The molecule has 0 bridgehead atoms. The summed E-state index contributed by atoms with van der Waals surface area (Å²) in [6, 6.07) is 8.30. The van der Waals surface area contributed by atoms with Gasteiger partial charge in [0.15, 0.2) is 0 Å². The molecular weight excluding hydrogens is 472 g/mol. The lowest BCUT2D eigenvalue weighted by Crippen LogP contribution is -2.58. The molecule has 0 unspecified atom stereocenters. The minimum absolute atomic E-state index is 0.0193. The summed E-state index contributed by atoms with van der Waals surface area (Å²) in [4.78, 5) is 52.2. The quantitative estimate of drug-likeness (QED) is 0.252. The van der Waals surface area contributed by atoms with Gasteiger partial charge in [-0.3, -0.25) is 24.4 Å². The van der Waals surface area contributed by atoms with Crippen molar-refractivity contribution in [2.45, 2.75) is 77.8 Å². The van der Waals surface area contributed by atoms with E-state index < -0.39 is 17.4 Å². The highest BCUT2D eigenvalue weighted by Crippen LogP contribution is 2.31. The molecule has 2 aliphatic rings. The fraction of sp³-hybridized carbons (Fsp3) is 0.643. The summed E-state index contributed by atoms with van der Waals surface area (Å²) in [7, 11) is 0. The summed E-state index contributed by atoms with van der Waals surface area (Å²) in [6.07, 6.45) is 6.48. The second-order valence-electron chi connectivity index (χ2n) is 11.6. The largest absolute Gasteiger partial charge is 0.349 e. The molecule has 3 N–H and O–H groups in total. The summed E-state index contributed by atoms with van der Waals surface area (Å²) < 4.78 is 0. The van der Waals surface area contributed by atoms with Gasteiger partial charge in [0.25, 0.3) is 5.91 Å². The fourth-order valence-corrected chi connectivity index (χ4v) is 5.38. The van der Waals surface area contributed by atoms with E-state index >= 15 is 0 Å². The molecule has 4 amide bonds. The van der Waals surface area contributed by atoms with Crippen LogP contribution in [0, 0.1) is 17.3 Å². The molecule has 1 saturated carbocycles. The van der Waals surface area contributed by atoms with Crippen molar-refractivity contribution in [1.82, 2.24) is 20.6 Å². The van der Waals surface area contributed by atoms with Crippen molar-refractivity contribution >= 4 is 24.1 Å². The van der Waals surface area contributed by atoms with E-state index in [1.807, 2.05) is 39.0 Å². The molecule has 3 rings (SSSR count). The summed E-state index contributed by atoms with van der Waals surface area (Å²) in [5.41, 5.74) is 0.0757. The molecule has 1 aromatic rings. The van der Waals surface area contributed by atoms with Crippen molar-refractivity contribution in [3.63, 3.8) is 0 Å². The zero-order valence-electron chi connectivity index (χ0n) is 22.3. The average molecular weight is 515 g/mol. The van der Waals surface area contributed by atoms with Crippen molar-refractivity contribution in [3.05, 3.63) is 35.9 Å². The minimum atomic E-state index is -0.745. The number of likely N-dealkylation sites (tertiary alicyclic amines) is 1. The Bertz CT molecular complexity index is 918. The first-order chi connectivity index (χ1) is 17.6. The first-order valence-corrected chi connectivity index (χ1v) is 13.4. The number of amides is 4. The lowest BCUT2D eigenvalue weighted by molar-refractivity contribution is -0.156. The molecule has 0 spiro atoms. The maximum absolute atomic E-state index is 13.6. The van der Waals surface area contributed by atoms with E-state index in [2.05, 4.69) is 10.6 Å². The number of nitrogens with one attached hydrogen (secondary N) is 2. The second-order valence-corrected chi connectivity index (χ2v) is 11.6. The van der Waals surface area contributed by atoms with Crippen molar-refractivity contribution in [3.8, 4) is 0 Å². The van der Waals surface area contributed by atoms with Crippen LogP contribution < -0.4 is 10.6 Å². The molecular formula is C28H42N4O5. The maximum Gasteiger partial charge on any atom is 0.251 e. The zero-order valence-corrected chi connectivity index (χ0v) is 22.3. The molecule has 204 valence electrons. The van der Waals surface area contributed by atoms with E-state index in [9.17, 15) is 24.4 Å². The van der Waals surface area contributed by atoms with Crippen LogP contribution in [0.2, 0.25) is 0 Å². The van der Waals surface area contributed by atoms with Gasteiger partial charge in [0.2, 0.25) is 18.2 Å². The number of hydroxylamine groups is 2. The lowest BCUT2D eigenvalue weighted by atomic mass is 9.84. The highest BCUT2D eigenvalue weighted by Gasteiger charge is 2.39. The summed E-state index contributed by atoms with van der Waals surface area (Å²) in [6.45, 7) is 6.63. The molecule has 0 aromatic heterocycles. The Hall–Kier alpha value is -2.94. The lowest BCUT2D eigenvalue weighted by Gasteiger charge is -2.39. The topological polar surface area (TPSA) is 119 Å². The Morgan fingerprint density at radius 1 is 1.08 bits per heavy atom. The first-order valence-electron chi connectivity index (χ1n) is 13.4. The monoisotopic (exact) mass is 514 g/mol. The predicted molar refractivity (Wildman–Crippen MR) is 140 cm³/mol. The standard InChI is InChI=1S/C28H42N4O5/c1-28(2,3)24(30-26(35)22(18-32(37)19-33)17-20-9-7-8-10-20)27(36)31-15-13-23(14-16-31)29-25(34)21-11-5-4-6-12-21/h4-6,11-12,19-20,22-24,37H,7-10,13-18H2,1-3H3,(H,29,34)(H,30,35)/t22-,24-/m1/s1. The first kappa shape index (κ1) is 28.6. The van der Waals surface area contributed by atoms with Gasteiger partial charge in [-0.2, -0.15) is 0 Å². The van der Waals surface area contributed by atoms with E-state index in [1.165, 1.54) is 0 Å². The van der Waals surface area contributed by atoms with Crippen molar-refractivity contribution in [1.29, 1.82) is 0 Å². The zero-order chi connectivity index (χ0) is 27.0. The summed E-state index contributed by atoms with van der Waals surface area (Å²) in [5, 5.41) is 16.3. The number of hydrogen-bond donors (Lipinski definition) is 3. The van der Waals surface area contributed by atoms with Gasteiger partial charge in [-0.1, -0.05) is 64.7 Å². The van der Waals surface area contributed by atoms with Gasteiger partial charge in [-0.25, -0.2) is 5.06 Å². The van der Waals surface area contributed by atoms with Crippen LogP contribution in [0.5, 0.6) is 0 Å². The molecule has 0 radical (unpaired) electrons. The highest BCUT2D eigenvalue weighted by molar-refractivity contribution is 5.94. The van der Waals surface area contributed by atoms with Crippen LogP contribution in [0.25, 0.3) is 0 Å². The third kappa shape index (κ3) is 8.28. The third-order valence-electron chi connectivity index (χ3n) is 7.57. The summed E-state index contributed by atoms with van der Waals surface area (Å²) >= 11 is 0. The molecule has 9 nitrogen and oxygen atoms in total. The molecule has 1 saturated heterocycles. The Labute approximate surface area is 219 Å². The molecule has 9 heteroatoms. The maximum atomic E-state index is 13.6. The van der Waals surface area contributed by atoms with Gasteiger partial charge in [0, 0.05) is 24.7 Å². The van der Waals surface area contributed by atoms with Crippen LogP contribution in [-0.2, 0) is 14.4 Å². The van der Waals surface area contributed by atoms with Crippen LogP contribution in [0.15, 0.2) is 30.3 Å². The SMILES string of the molecule is CC(C)(C)[C@H](NC(=O)[C@H](CC1CCCC1)CN(O)C=O)C(=O)N1CCC(NC(=O)c2ccccc2)CC1. The van der Waals surface area contributed by atoms with Crippen molar-refractivity contribution in [2.24, 2.45) is 17.3 Å². The van der Waals surface area contributed by atoms with E-state index in [0.717, 1.165) is 25.7 Å². The predicted octanol–water partition coefficient (Wildman–Crippen LogP) is 2.98. The van der Waals surface area contributed by atoms with Crippen molar-refractivity contribution < 1.29 is 24.4 Å². The van der Waals surface area contributed by atoms with Crippen LogP contribution in [0.4, 0.5) is 0 Å². The van der Waals surface area contributed by atoms with E-state index in [4.69, 9.17) is 0 Å². The van der Waals surface area contributed by atoms with Gasteiger partial charge in [-0.15, -0.1) is 0 Å². The van der Waals surface area contributed by atoms with Crippen LogP contribution in [-0.4, -0.2) is 71.0 Å². The minimum Gasteiger partial charge on any atom is -0.349 e. The Balaban J connectivity index is 1.60. The van der Waals surface area contributed by atoms with Gasteiger partial charge in [-0.05, 0) is 42.7 Å². The smallest absolute Gasteiger partial charge is 0.251 e. The molecule has 1 aliphatic carbocycles. The molecule has 1 aromatic carbocycles. The van der Waals surface area contributed by atoms with E-state index in [0.29, 0.717) is 55.3 Å². The molecule has 37 heavy (non-hydrogen) atoms. The fourth-order valence-electron chi connectivity index (χ4n) is 5.38. The number of rotatable bonds is 10. The molecule has 1 heterocycles. The van der Waals surface area contributed by atoms with Crippen molar-refractivity contribution in [2.75, 3.05) is 19.6 Å². The van der Waals surface area contributed by atoms with Gasteiger partial charge in [0.1, 0.15) is 6.04 Å². The Morgan fingerprint density at radius 2 is 1.70 bits per heavy atom. The number of carbonyl (C=O) groups is 4. The number of nitrogens with zero attached hydrogens (tertiary/aromatic N) is 2. The van der Waals surface area contributed by atoms with Crippen LogP contribution in [0.3, 0.4) is 0 Å². The molecule has 2 atom stereocenters. The van der Waals surface area contributed by atoms with Gasteiger partial charge < -0.3 is 15.5 Å². The van der Waals surface area contributed by atoms with E-state index in [-0.39, 0.29) is 30.3 Å². The number of benzene rings is 1. The number of piperidine rings is 1. The van der Waals surface area contributed by atoms with Crippen LogP contribution >= 0.6 is 0 Å². The Kier molecular flexibility index (Phi) is 10.1. The number of carbonyl (C=O) groups excluding carboxylic acids is 4. The third-order valence-corrected chi connectivity index (χ3v) is 7.57. The highest BCUT2D eigenvalue weighted by atomic mass is 16.5. The molecule has 2 fully saturated rings. The second kappa shape index (κ2) is 13.0. The summed E-state index contributed by atoms with van der Waals surface area (Å²) in [5.74, 6) is -0.790. The average Bonchev–Trinajstić information content (AvgIpc) is 3.39. The Morgan fingerprint density at radius 3 is 2.27 bits per heavy atom. The number of hydrogen-bond acceptors (Lipinski definition) is 5. The van der Waals surface area contributed by atoms with Crippen LogP contribution in [0.1, 0.15) is 76.1 Å². The van der Waals surface area contributed by atoms with Gasteiger partial charge >= 0.3 is 0 Å².